The summed E-state index contributed by atoms with van der Waals surface area (Å²) in [5, 5.41) is 11.0. The third kappa shape index (κ3) is 4.34. The van der Waals surface area contributed by atoms with Crippen LogP contribution in [-0.4, -0.2) is 40.1 Å². The number of piperidine rings is 1. The second-order valence-electron chi connectivity index (χ2n) is 6.32. The van der Waals surface area contributed by atoms with Crippen molar-refractivity contribution in [1.82, 2.24) is 9.88 Å². The Bertz CT molecular complexity index is 676. The molecule has 1 aromatic heterocycles. The summed E-state index contributed by atoms with van der Waals surface area (Å²) >= 11 is 5.92. The molecule has 0 spiro atoms. The van der Waals surface area contributed by atoms with Gasteiger partial charge in [-0.3, -0.25) is 9.78 Å². The summed E-state index contributed by atoms with van der Waals surface area (Å²) < 4.78 is 0. The standard InChI is InChI=1S/C19H21ClN2O2/c20-17-3-1-14(2-4-17)11-16-13-22(10-7-18(16)23)19(24)12-15-5-8-21-9-6-15/h1-6,8-9,16,18,23H,7,10-13H2/t16-,18-/m1/s1. The predicted octanol–water partition coefficient (Wildman–Crippen LogP) is 2.73. The number of hydrogen-bond acceptors (Lipinski definition) is 3. The number of pyridine rings is 1. The van der Waals surface area contributed by atoms with Gasteiger partial charge in [-0.25, -0.2) is 0 Å². The Hall–Kier alpha value is -1.91. The van der Waals surface area contributed by atoms with E-state index in [1.54, 1.807) is 12.4 Å². The first-order valence-electron chi connectivity index (χ1n) is 8.21. The molecule has 1 aliphatic rings. The molecule has 0 saturated carbocycles. The molecule has 3 rings (SSSR count). The van der Waals surface area contributed by atoms with Gasteiger partial charge in [0.05, 0.1) is 12.5 Å². The molecule has 24 heavy (non-hydrogen) atoms. The van der Waals surface area contributed by atoms with E-state index in [1.807, 2.05) is 41.3 Å². The quantitative estimate of drug-likeness (QED) is 0.927. The second-order valence-corrected chi connectivity index (χ2v) is 6.76. The lowest BCUT2D eigenvalue weighted by atomic mass is 9.88. The number of hydrogen-bond donors (Lipinski definition) is 1. The van der Waals surface area contributed by atoms with E-state index >= 15 is 0 Å². The van der Waals surface area contributed by atoms with E-state index in [2.05, 4.69) is 4.98 Å². The molecule has 1 fully saturated rings. The normalized spacial score (nSPS) is 20.8. The predicted molar refractivity (Wildman–Crippen MR) is 93.8 cm³/mol. The lowest BCUT2D eigenvalue weighted by Crippen LogP contribution is -2.47. The monoisotopic (exact) mass is 344 g/mol. The summed E-state index contributed by atoms with van der Waals surface area (Å²) in [6.45, 7) is 1.20. The maximum atomic E-state index is 12.5. The zero-order valence-electron chi connectivity index (χ0n) is 13.4. The van der Waals surface area contributed by atoms with Crippen LogP contribution in [0.25, 0.3) is 0 Å². The molecule has 1 aliphatic heterocycles. The molecular weight excluding hydrogens is 324 g/mol. The van der Waals surface area contributed by atoms with Gasteiger partial charge in [-0.15, -0.1) is 0 Å². The Morgan fingerprint density at radius 2 is 1.88 bits per heavy atom. The van der Waals surface area contributed by atoms with Gasteiger partial charge in [-0.2, -0.15) is 0 Å². The minimum Gasteiger partial charge on any atom is -0.393 e. The fourth-order valence-electron chi connectivity index (χ4n) is 3.16. The van der Waals surface area contributed by atoms with Gasteiger partial charge in [0.15, 0.2) is 0 Å². The number of aliphatic hydroxyl groups is 1. The third-order valence-corrected chi connectivity index (χ3v) is 4.81. The van der Waals surface area contributed by atoms with Gasteiger partial charge in [0, 0.05) is 36.4 Å². The number of rotatable bonds is 4. The summed E-state index contributed by atoms with van der Waals surface area (Å²) in [6, 6.07) is 11.4. The molecule has 2 aromatic rings. The van der Waals surface area contributed by atoms with Crippen LogP contribution in [0.2, 0.25) is 5.02 Å². The maximum absolute atomic E-state index is 12.5. The Kier molecular flexibility index (Phi) is 5.48. The zero-order valence-corrected chi connectivity index (χ0v) is 14.2. The van der Waals surface area contributed by atoms with Crippen LogP contribution < -0.4 is 0 Å². The molecule has 1 amide bonds. The summed E-state index contributed by atoms with van der Waals surface area (Å²) in [5.41, 5.74) is 2.10. The zero-order chi connectivity index (χ0) is 16.9. The maximum Gasteiger partial charge on any atom is 0.227 e. The number of aliphatic hydroxyl groups excluding tert-OH is 1. The van der Waals surface area contributed by atoms with Crippen molar-refractivity contribution in [2.75, 3.05) is 13.1 Å². The summed E-state index contributed by atoms with van der Waals surface area (Å²) in [6.07, 6.45) is 4.78. The van der Waals surface area contributed by atoms with Gasteiger partial charge >= 0.3 is 0 Å². The van der Waals surface area contributed by atoms with E-state index in [-0.39, 0.29) is 17.9 Å². The molecule has 0 radical (unpaired) electrons. The number of amides is 1. The minimum absolute atomic E-state index is 0.0568. The molecule has 0 unspecified atom stereocenters. The molecule has 5 heteroatoms. The highest BCUT2D eigenvalue weighted by molar-refractivity contribution is 6.30. The van der Waals surface area contributed by atoms with Gasteiger partial charge < -0.3 is 10.0 Å². The second kappa shape index (κ2) is 7.77. The molecular formula is C19H21ClN2O2. The van der Waals surface area contributed by atoms with Crippen molar-refractivity contribution in [3.05, 3.63) is 64.9 Å². The molecule has 0 bridgehead atoms. The number of likely N-dealkylation sites (tertiary alicyclic amines) is 1. The summed E-state index contributed by atoms with van der Waals surface area (Å²) in [7, 11) is 0. The first-order valence-corrected chi connectivity index (χ1v) is 8.59. The fraction of sp³-hybridized carbons (Fsp3) is 0.368. The van der Waals surface area contributed by atoms with Gasteiger partial charge in [-0.05, 0) is 48.2 Å². The van der Waals surface area contributed by atoms with Gasteiger partial charge in [0.25, 0.3) is 0 Å². The molecule has 0 aliphatic carbocycles. The highest BCUT2D eigenvalue weighted by atomic mass is 35.5. The van der Waals surface area contributed by atoms with Gasteiger partial charge in [-0.1, -0.05) is 23.7 Å². The summed E-state index contributed by atoms with van der Waals surface area (Å²) in [5.74, 6) is 0.163. The third-order valence-electron chi connectivity index (χ3n) is 4.56. The molecule has 1 aromatic carbocycles. The van der Waals surface area contributed by atoms with E-state index in [4.69, 9.17) is 11.6 Å². The van der Waals surface area contributed by atoms with E-state index in [9.17, 15) is 9.90 Å². The first-order chi connectivity index (χ1) is 11.6. The highest BCUT2D eigenvalue weighted by Gasteiger charge is 2.30. The van der Waals surface area contributed by atoms with Crippen molar-refractivity contribution in [3.63, 3.8) is 0 Å². The Balaban J connectivity index is 1.62. The van der Waals surface area contributed by atoms with Crippen LogP contribution in [0.5, 0.6) is 0 Å². The van der Waals surface area contributed by atoms with Crippen LogP contribution in [0, 0.1) is 5.92 Å². The van der Waals surface area contributed by atoms with Crippen molar-refractivity contribution in [2.24, 2.45) is 5.92 Å². The molecule has 1 N–H and O–H groups in total. The van der Waals surface area contributed by atoms with Gasteiger partial charge in [0.2, 0.25) is 5.91 Å². The molecule has 1 saturated heterocycles. The molecule has 4 nitrogen and oxygen atoms in total. The van der Waals surface area contributed by atoms with E-state index in [0.29, 0.717) is 31.0 Å². The van der Waals surface area contributed by atoms with Crippen LogP contribution in [0.15, 0.2) is 48.8 Å². The average Bonchev–Trinajstić information content (AvgIpc) is 2.59. The SMILES string of the molecule is O=C(Cc1ccncc1)N1CC[C@@H](O)[C@H](Cc2ccc(Cl)cc2)C1. The topological polar surface area (TPSA) is 53.4 Å². The number of nitrogens with zero attached hydrogens (tertiary/aromatic N) is 2. The minimum atomic E-state index is -0.370. The van der Waals surface area contributed by atoms with Crippen molar-refractivity contribution in [2.45, 2.75) is 25.4 Å². The Morgan fingerprint density at radius 3 is 2.58 bits per heavy atom. The van der Waals surface area contributed by atoms with Crippen molar-refractivity contribution in [3.8, 4) is 0 Å². The van der Waals surface area contributed by atoms with E-state index in [0.717, 1.165) is 17.5 Å². The van der Waals surface area contributed by atoms with Crippen molar-refractivity contribution in [1.29, 1.82) is 0 Å². The number of halogens is 1. The number of benzene rings is 1. The smallest absolute Gasteiger partial charge is 0.227 e. The molecule has 126 valence electrons. The number of carbonyl (C=O) groups is 1. The lowest BCUT2D eigenvalue weighted by Gasteiger charge is -2.36. The Labute approximate surface area is 147 Å². The van der Waals surface area contributed by atoms with Crippen LogP contribution >= 0.6 is 11.6 Å². The van der Waals surface area contributed by atoms with E-state index in [1.165, 1.54) is 0 Å². The van der Waals surface area contributed by atoms with Crippen molar-refractivity contribution < 1.29 is 9.90 Å². The molecule has 2 atom stereocenters. The Morgan fingerprint density at radius 1 is 1.17 bits per heavy atom. The van der Waals surface area contributed by atoms with Gasteiger partial charge in [0.1, 0.15) is 0 Å². The van der Waals surface area contributed by atoms with E-state index < -0.39 is 0 Å². The largest absolute Gasteiger partial charge is 0.393 e. The number of aromatic nitrogens is 1. The first kappa shape index (κ1) is 16.9. The van der Waals surface area contributed by atoms with Crippen LogP contribution in [0.3, 0.4) is 0 Å². The van der Waals surface area contributed by atoms with Crippen molar-refractivity contribution >= 4 is 17.5 Å². The fourth-order valence-corrected chi connectivity index (χ4v) is 3.28. The van der Waals surface area contributed by atoms with Crippen LogP contribution in [-0.2, 0) is 17.6 Å². The van der Waals surface area contributed by atoms with Crippen LogP contribution in [0.4, 0.5) is 0 Å². The highest BCUT2D eigenvalue weighted by Crippen LogP contribution is 2.23. The summed E-state index contributed by atoms with van der Waals surface area (Å²) in [4.78, 5) is 18.4. The van der Waals surface area contributed by atoms with Crippen LogP contribution in [0.1, 0.15) is 17.5 Å². The average molecular weight is 345 g/mol. The lowest BCUT2D eigenvalue weighted by molar-refractivity contribution is -0.134. The number of carbonyl (C=O) groups excluding carboxylic acids is 1. The molecule has 2 heterocycles.